The molecule has 0 saturated heterocycles. The van der Waals surface area contributed by atoms with E-state index in [2.05, 4.69) is 75.3 Å². The number of rotatable bonds is 4. The van der Waals surface area contributed by atoms with Gasteiger partial charge in [0.2, 0.25) is 0 Å². The SMILES string of the molecule is CCc1c2[nH]c(c1C)Cc1[nH]c(c(CC)c1C)Cc1[nH]c(c(C)c1CC)Cc1[nH]c(c(C)c1CC)C2. The van der Waals surface area contributed by atoms with Gasteiger partial charge in [0.25, 0.3) is 0 Å². The predicted molar refractivity (Wildman–Crippen MR) is 151 cm³/mol. The van der Waals surface area contributed by atoms with Crippen LogP contribution in [-0.2, 0) is 51.4 Å². The number of fused-ring (bicyclic) bond motifs is 8. The van der Waals surface area contributed by atoms with Crippen LogP contribution in [0.1, 0.15) is 118 Å². The van der Waals surface area contributed by atoms with E-state index in [9.17, 15) is 0 Å². The van der Waals surface area contributed by atoms with Crippen LogP contribution in [0.25, 0.3) is 0 Å². The molecule has 0 unspecified atom stereocenters. The summed E-state index contributed by atoms with van der Waals surface area (Å²) in [7, 11) is 0. The zero-order valence-corrected chi connectivity index (χ0v) is 23.7. The quantitative estimate of drug-likeness (QED) is 0.209. The number of H-pyrrole nitrogens is 4. The molecule has 4 nitrogen and oxygen atoms in total. The molecule has 0 radical (unpaired) electrons. The average molecular weight is 485 g/mol. The summed E-state index contributed by atoms with van der Waals surface area (Å²) in [6, 6.07) is 0. The lowest BCUT2D eigenvalue weighted by Crippen LogP contribution is -1.99. The number of hydrogen-bond acceptors (Lipinski definition) is 0. The minimum atomic E-state index is 0.933. The van der Waals surface area contributed by atoms with Gasteiger partial charge in [-0.2, -0.15) is 0 Å². The lowest BCUT2D eigenvalue weighted by atomic mass is 9.98. The molecule has 0 atom stereocenters. The Kier molecular flexibility index (Phi) is 6.57. The molecule has 0 fully saturated rings. The molecule has 8 bridgehead atoms. The van der Waals surface area contributed by atoms with Crippen LogP contribution in [0.4, 0.5) is 0 Å². The van der Waals surface area contributed by atoms with Crippen molar-refractivity contribution in [1.29, 1.82) is 0 Å². The van der Waals surface area contributed by atoms with Gasteiger partial charge < -0.3 is 19.9 Å². The molecule has 0 spiro atoms. The van der Waals surface area contributed by atoms with Crippen molar-refractivity contribution in [2.75, 3.05) is 0 Å². The van der Waals surface area contributed by atoms with Gasteiger partial charge in [-0.15, -0.1) is 0 Å². The zero-order chi connectivity index (χ0) is 25.7. The third kappa shape index (κ3) is 3.90. The second-order valence-corrected chi connectivity index (χ2v) is 10.9. The molecule has 4 aromatic rings. The van der Waals surface area contributed by atoms with Crippen LogP contribution in [0.5, 0.6) is 0 Å². The molecule has 5 heterocycles. The Morgan fingerprint density at radius 2 is 0.556 bits per heavy atom. The minimum absolute atomic E-state index is 0.933. The Labute approximate surface area is 216 Å². The van der Waals surface area contributed by atoms with Gasteiger partial charge in [0.05, 0.1) is 0 Å². The number of hydrogen-bond donors (Lipinski definition) is 4. The fourth-order valence-corrected chi connectivity index (χ4v) is 6.97. The van der Waals surface area contributed by atoms with Gasteiger partial charge in [-0.25, -0.2) is 0 Å². The summed E-state index contributed by atoms with van der Waals surface area (Å²) in [5.41, 5.74) is 22.7. The van der Waals surface area contributed by atoms with Crippen LogP contribution >= 0.6 is 0 Å². The van der Waals surface area contributed by atoms with Gasteiger partial charge >= 0.3 is 0 Å². The van der Waals surface area contributed by atoms with Crippen molar-refractivity contribution in [3.63, 3.8) is 0 Å². The fraction of sp³-hybridized carbons (Fsp3) is 0.500. The number of aromatic amines is 4. The van der Waals surface area contributed by atoms with Gasteiger partial charge in [0.1, 0.15) is 0 Å². The first-order chi connectivity index (χ1) is 17.3. The smallest absolute Gasteiger partial charge is 0.0284 e. The van der Waals surface area contributed by atoms with E-state index < -0.39 is 0 Å². The van der Waals surface area contributed by atoms with Gasteiger partial charge in [-0.1, -0.05) is 27.7 Å². The first-order valence-electron chi connectivity index (χ1n) is 14.1. The summed E-state index contributed by atoms with van der Waals surface area (Å²) in [6.45, 7) is 18.4. The Morgan fingerprint density at radius 3 is 0.778 bits per heavy atom. The largest absolute Gasteiger partial charge is 0.361 e. The summed E-state index contributed by atoms with van der Waals surface area (Å²) in [6.07, 6.45) is 7.99. The minimum Gasteiger partial charge on any atom is -0.361 e. The van der Waals surface area contributed by atoms with Crippen LogP contribution in [0.2, 0.25) is 0 Å². The molecule has 1 aliphatic rings. The van der Waals surface area contributed by atoms with Crippen molar-refractivity contribution in [2.24, 2.45) is 0 Å². The van der Waals surface area contributed by atoms with Gasteiger partial charge in [-0.05, 0) is 97.9 Å². The van der Waals surface area contributed by atoms with E-state index in [1.807, 2.05) is 0 Å². The lowest BCUT2D eigenvalue weighted by molar-refractivity contribution is 0.922. The van der Waals surface area contributed by atoms with E-state index in [-0.39, 0.29) is 0 Å². The number of aromatic nitrogens is 4. The molecule has 36 heavy (non-hydrogen) atoms. The van der Waals surface area contributed by atoms with Gasteiger partial charge in [-0.3, -0.25) is 0 Å². The molecule has 0 amide bonds. The van der Waals surface area contributed by atoms with E-state index in [4.69, 9.17) is 0 Å². The monoisotopic (exact) mass is 484 g/mol. The van der Waals surface area contributed by atoms with E-state index in [1.165, 1.54) is 90.1 Å². The molecule has 0 aromatic carbocycles. The summed E-state index contributed by atoms with van der Waals surface area (Å²) < 4.78 is 0. The van der Waals surface area contributed by atoms with Crippen LogP contribution < -0.4 is 0 Å². The molecular formula is C32H44N4. The predicted octanol–water partition coefficient (Wildman–Crippen LogP) is 7.16. The molecule has 0 saturated carbocycles. The summed E-state index contributed by atoms with van der Waals surface area (Å²) in [4.78, 5) is 15.6. The summed E-state index contributed by atoms with van der Waals surface area (Å²) >= 11 is 0. The molecule has 0 aliphatic carbocycles. The first-order valence-corrected chi connectivity index (χ1v) is 14.1. The van der Waals surface area contributed by atoms with E-state index in [0.717, 1.165) is 51.4 Å². The van der Waals surface area contributed by atoms with Crippen LogP contribution in [-0.4, -0.2) is 19.9 Å². The maximum atomic E-state index is 3.90. The Hall–Kier alpha value is -2.88. The topological polar surface area (TPSA) is 63.2 Å². The average Bonchev–Trinajstić information content (AvgIpc) is 3.51. The molecule has 4 N–H and O–H groups in total. The van der Waals surface area contributed by atoms with E-state index in [1.54, 1.807) is 0 Å². The Bertz CT molecular complexity index is 1420. The summed E-state index contributed by atoms with van der Waals surface area (Å²) in [5, 5.41) is 0. The molecular weight excluding hydrogens is 440 g/mol. The summed E-state index contributed by atoms with van der Waals surface area (Å²) in [5.74, 6) is 0. The van der Waals surface area contributed by atoms with Crippen molar-refractivity contribution >= 4 is 0 Å². The molecule has 5 rings (SSSR count). The number of nitrogens with one attached hydrogen (secondary N) is 4. The molecule has 4 heteroatoms. The molecule has 1 aliphatic heterocycles. The normalized spacial score (nSPS) is 13.6. The van der Waals surface area contributed by atoms with Crippen LogP contribution in [0.3, 0.4) is 0 Å². The maximum absolute atomic E-state index is 3.90. The molecule has 192 valence electrons. The van der Waals surface area contributed by atoms with Crippen molar-refractivity contribution in [2.45, 2.75) is 107 Å². The van der Waals surface area contributed by atoms with Gasteiger partial charge in [0, 0.05) is 71.2 Å². The highest BCUT2D eigenvalue weighted by Gasteiger charge is 2.23. The van der Waals surface area contributed by atoms with Crippen molar-refractivity contribution in [1.82, 2.24) is 19.9 Å². The third-order valence-electron chi connectivity index (χ3n) is 9.11. The third-order valence-corrected chi connectivity index (χ3v) is 9.11. The maximum Gasteiger partial charge on any atom is 0.0284 e. The van der Waals surface area contributed by atoms with E-state index >= 15 is 0 Å². The highest BCUT2D eigenvalue weighted by Crippen LogP contribution is 2.32. The van der Waals surface area contributed by atoms with Gasteiger partial charge in [0.15, 0.2) is 0 Å². The molecule has 4 aromatic heterocycles. The Morgan fingerprint density at radius 1 is 0.361 bits per heavy atom. The van der Waals surface area contributed by atoms with Crippen LogP contribution in [0.15, 0.2) is 0 Å². The highest BCUT2D eigenvalue weighted by molar-refractivity contribution is 5.48. The fourth-order valence-electron chi connectivity index (χ4n) is 6.97. The standard InChI is InChI=1S/C32H44N4/c1-9-21-17(5)25-13-26-18(6)23(11-3)31(34-26)16-32-24(12-4)20(8)28(36-32)15-30-22(10-2)19(7)27(35-30)14-29(21)33-25/h33-36H,9-16H2,1-8H3. The van der Waals surface area contributed by atoms with E-state index in [0.29, 0.717) is 0 Å². The zero-order valence-electron chi connectivity index (χ0n) is 23.7. The second kappa shape index (κ2) is 9.53. The van der Waals surface area contributed by atoms with Crippen LogP contribution in [0, 0.1) is 27.7 Å². The Balaban J connectivity index is 1.73. The van der Waals surface area contributed by atoms with Crippen molar-refractivity contribution in [3.8, 4) is 0 Å². The van der Waals surface area contributed by atoms with Crippen molar-refractivity contribution < 1.29 is 0 Å². The van der Waals surface area contributed by atoms with Crippen molar-refractivity contribution in [3.05, 3.63) is 90.1 Å². The second-order valence-electron chi connectivity index (χ2n) is 10.9. The first kappa shape index (κ1) is 24.8. The highest BCUT2D eigenvalue weighted by atomic mass is 14.8. The lowest BCUT2D eigenvalue weighted by Gasteiger charge is -2.05.